The van der Waals surface area contributed by atoms with Crippen LogP contribution < -0.4 is 5.73 Å². The van der Waals surface area contributed by atoms with Gasteiger partial charge in [0.1, 0.15) is 0 Å². The third-order valence-corrected chi connectivity index (χ3v) is 3.76. The molecule has 0 aromatic carbocycles. The third kappa shape index (κ3) is 2.78. The quantitative estimate of drug-likeness (QED) is 0.669. The molecule has 2 N–H and O–H groups in total. The number of carbonyl (C=O) groups excluding carboxylic acids is 1. The minimum Gasteiger partial charge on any atom is -0.358 e. The zero-order chi connectivity index (χ0) is 14.2. The fraction of sp³-hybridized carbons (Fsp3) is 0.583. The molecule has 2 rings (SSSR count). The van der Waals surface area contributed by atoms with Gasteiger partial charge in [0.2, 0.25) is 0 Å². The Bertz CT molecular complexity index is 517. The maximum absolute atomic E-state index is 12.4. The second-order valence-corrected chi connectivity index (χ2v) is 5.04. The van der Waals surface area contributed by atoms with E-state index < -0.39 is 4.92 Å². The number of amides is 1. The van der Waals surface area contributed by atoms with Crippen LogP contribution in [0.3, 0.4) is 0 Å². The molecule has 1 aliphatic heterocycles. The first kappa shape index (κ1) is 16.5. The lowest BCUT2D eigenvalue weighted by molar-refractivity contribution is -0.391. The third-order valence-electron chi connectivity index (χ3n) is 3.76. The molecule has 7 nitrogen and oxygen atoms in total. The summed E-state index contributed by atoms with van der Waals surface area (Å²) >= 11 is 0. The molecule has 0 bridgehead atoms. The van der Waals surface area contributed by atoms with Crippen molar-refractivity contribution in [3.05, 3.63) is 27.9 Å². The maximum Gasteiger partial charge on any atom is 0.323 e. The fourth-order valence-electron chi connectivity index (χ4n) is 2.64. The second kappa shape index (κ2) is 6.23. The molecule has 1 aliphatic rings. The van der Waals surface area contributed by atoms with Gasteiger partial charge in [-0.3, -0.25) is 4.79 Å². The van der Waals surface area contributed by atoms with Crippen LogP contribution in [0.1, 0.15) is 23.8 Å². The van der Waals surface area contributed by atoms with Crippen LogP contribution in [0.25, 0.3) is 0 Å². The fourth-order valence-corrected chi connectivity index (χ4v) is 2.64. The molecule has 2 unspecified atom stereocenters. The van der Waals surface area contributed by atoms with Crippen molar-refractivity contribution >= 4 is 24.1 Å². The van der Waals surface area contributed by atoms with Gasteiger partial charge in [-0.05, 0) is 36.8 Å². The highest BCUT2D eigenvalue weighted by molar-refractivity contribution is 5.93. The van der Waals surface area contributed by atoms with Gasteiger partial charge in [-0.2, -0.15) is 0 Å². The highest BCUT2D eigenvalue weighted by Crippen LogP contribution is 2.25. The Hall–Kier alpha value is -1.60. The predicted molar refractivity (Wildman–Crippen MR) is 77.0 cm³/mol. The zero-order valence-electron chi connectivity index (χ0n) is 11.5. The van der Waals surface area contributed by atoms with E-state index >= 15 is 0 Å². The van der Waals surface area contributed by atoms with Crippen LogP contribution in [0, 0.1) is 16.0 Å². The second-order valence-electron chi connectivity index (χ2n) is 5.04. The van der Waals surface area contributed by atoms with Gasteiger partial charge in [-0.1, -0.05) is 0 Å². The number of rotatable bonds is 3. The first-order valence-corrected chi connectivity index (χ1v) is 6.26. The number of carbonyl (C=O) groups is 1. The Morgan fingerprint density at radius 3 is 2.65 bits per heavy atom. The monoisotopic (exact) mass is 302 g/mol. The van der Waals surface area contributed by atoms with Crippen LogP contribution in [0.4, 0.5) is 5.82 Å². The maximum atomic E-state index is 12.4. The van der Waals surface area contributed by atoms with E-state index in [0.717, 1.165) is 6.42 Å². The normalized spacial score (nSPS) is 21.6. The van der Waals surface area contributed by atoms with Crippen molar-refractivity contribution in [1.82, 2.24) is 9.47 Å². The Labute approximate surface area is 123 Å². The summed E-state index contributed by atoms with van der Waals surface area (Å²) in [5, 5.41) is 10.8. The van der Waals surface area contributed by atoms with Crippen molar-refractivity contribution in [3.63, 3.8) is 0 Å². The summed E-state index contributed by atoms with van der Waals surface area (Å²) in [6, 6.07) is 2.98. The number of nitro groups is 1. The average molecular weight is 303 g/mol. The molecule has 2 heterocycles. The highest BCUT2D eigenvalue weighted by atomic mass is 35.5. The topological polar surface area (TPSA) is 94.4 Å². The van der Waals surface area contributed by atoms with Crippen molar-refractivity contribution in [1.29, 1.82) is 0 Å². The molecule has 1 amide bonds. The molecular formula is C12H19ClN4O3. The summed E-state index contributed by atoms with van der Waals surface area (Å²) in [7, 11) is 1.53. The summed E-state index contributed by atoms with van der Waals surface area (Å²) in [4.78, 5) is 24.5. The number of halogens is 1. The molecule has 8 heteroatoms. The molecule has 0 saturated carbocycles. The first-order chi connectivity index (χ1) is 8.95. The number of aromatic nitrogens is 1. The first-order valence-electron chi connectivity index (χ1n) is 6.26. The predicted octanol–water partition coefficient (Wildman–Crippen LogP) is 1.16. The minimum atomic E-state index is -0.493. The van der Waals surface area contributed by atoms with Gasteiger partial charge in [-0.15, -0.1) is 12.4 Å². The van der Waals surface area contributed by atoms with E-state index in [1.165, 1.54) is 23.7 Å². The molecule has 2 atom stereocenters. The number of hydrogen-bond acceptors (Lipinski definition) is 4. The van der Waals surface area contributed by atoms with Crippen LogP contribution in [0.5, 0.6) is 0 Å². The van der Waals surface area contributed by atoms with Gasteiger partial charge in [0, 0.05) is 18.7 Å². The van der Waals surface area contributed by atoms with Crippen molar-refractivity contribution < 1.29 is 9.72 Å². The number of nitrogens with zero attached hydrogens (tertiary/aromatic N) is 3. The summed E-state index contributed by atoms with van der Waals surface area (Å²) in [5.74, 6) is 0.0684. The summed E-state index contributed by atoms with van der Waals surface area (Å²) in [5.41, 5.74) is 5.98. The SMILES string of the molecule is CC1CC(CN)CN1C(=O)c1ccc([N+](=O)[O-])n1C.Cl. The molecule has 1 aromatic rings. The molecule has 0 aliphatic carbocycles. The highest BCUT2D eigenvalue weighted by Gasteiger charge is 2.35. The molecule has 1 fully saturated rings. The lowest BCUT2D eigenvalue weighted by Crippen LogP contribution is -2.35. The zero-order valence-corrected chi connectivity index (χ0v) is 12.3. The van der Waals surface area contributed by atoms with Crippen LogP contribution in [0.2, 0.25) is 0 Å². The van der Waals surface area contributed by atoms with E-state index in [1.807, 2.05) is 6.92 Å². The number of hydrogen-bond donors (Lipinski definition) is 1. The number of nitrogens with two attached hydrogens (primary N) is 1. The van der Waals surface area contributed by atoms with Gasteiger partial charge < -0.3 is 20.7 Å². The van der Waals surface area contributed by atoms with E-state index in [1.54, 1.807) is 4.90 Å². The van der Waals surface area contributed by atoms with Gasteiger partial charge >= 0.3 is 5.82 Å². The van der Waals surface area contributed by atoms with Crippen LogP contribution >= 0.6 is 12.4 Å². The largest absolute Gasteiger partial charge is 0.358 e. The molecule has 20 heavy (non-hydrogen) atoms. The van der Waals surface area contributed by atoms with Gasteiger partial charge in [-0.25, -0.2) is 4.57 Å². The Morgan fingerprint density at radius 2 is 2.20 bits per heavy atom. The number of likely N-dealkylation sites (tertiary alicyclic amines) is 1. The van der Waals surface area contributed by atoms with Crippen molar-refractivity contribution in [3.8, 4) is 0 Å². The van der Waals surface area contributed by atoms with E-state index in [0.29, 0.717) is 24.7 Å². The van der Waals surface area contributed by atoms with E-state index in [9.17, 15) is 14.9 Å². The van der Waals surface area contributed by atoms with E-state index in [2.05, 4.69) is 0 Å². The molecule has 1 saturated heterocycles. The van der Waals surface area contributed by atoms with Crippen molar-refractivity contribution in [2.24, 2.45) is 18.7 Å². The molecule has 112 valence electrons. The molecule has 0 radical (unpaired) electrons. The van der Waals surface area contributed by atoms with Gasteiger partial charge in [0.25, 0.3) is 5.91 Å². The summed E-state index contributed by atoms with van der Waals surface area (Å²) in [6.07, 6.45) is 0.884. The van der Waals surface area contributed by atoms with Gasteiger partial charge in [0.05, 0.1) is 7.05 Å². The van der Waals surface area contributed by atoms with Crippen LogP contribution in [-0.4, -0.2) is 39.4 Å². The van der Waals surface area contributed by atoms with Crippen molar-refractivity contribution in [2.45, 2.75) is 19.4 Å². The average Bonchev–Trinajstić information content (AvgIpc) is 2.91. The van der Waals surface area contributed by atoms with Crippen LogP contribution in [-0.2, 0) is 7.05 Å². The lowest BCUT2D eigenvalue weighted by atomic mass is 10.1. The molecule has 1 aromatic heterocycles. The van der Waals surface area contributed by atoms with E-state index in [4.69, 9.17) is 5.73 Å². The Morgan fingerprint density at radius 1 is 1.55 bits per heavy atom. The van der Waals surface area contributed by atoms with E-state index in [-0.39, 0.29) is 30.2 Å². The van der Waals surface area contributed by atoms with Gasteiger partial charge in [0.15, 0.2) is 5.69 Å². The van der Waals surface area contributed by atoms with Crippen molar-refractivity contribution in [2.75, 3.05) is 13.1 Å². The lowest BCUT2D eigenvalue weighted by Gasteiger charge is -2.20. The van der Waals surface area contributed by atoms with Crippen LogP contribution in [0.15, 0.2) is 12.1 Å². The molecule has 0 spiro atoms. The minimum absolute atomic E-state index is 0. The summed E-state index contributed by atoms with van der Waals surface area (Å²) in [6.45, 7) is 3.15. The summed E-state index contributed by atoms with van der Waals surface area (Å²) < 4.78 is 1.32. The standard InChI is InChI=1S/C12H18N4O3.ClH/c1-8-5-9(6-13)7-15(8)12(17)10-3-4-11(14(10)2)16(18)19;/h3-4,8-9H,5-7,13H2,1-2H3;1H. The Balaban J connectivity index is 0.00000200. The molecular weight excluding hydrogens is 284 g/mol. The Kier molecular flexibility index (Phi) is 5.13. The smallest absolute Gasteiger partial charge is 0.323 e.